The minimum Gasteiger partial charge on any atom is -0.393 e. The Balaban J connectivity index is 1.63. The van der Waals surface area contributed by atoms with E-state index in [2.05, 4.69) is 13.8 Å². The fraction of sp³-hybridized carbons (Fsp3) is 1.00. The minimum absolute atomic E-state index is 0.0437. The van der Waals surface area contributed by atoms with Gasteiger partial charge in [-0.2, -0.15) is 0 Å². The summed E-state index contributed by atoms with van der Waals surface area (Å²) in [6, 6.07) is 0. The first-order chi connectivity index (χ1) is 11.3. The van der Waals surface area contributed by atoms with E-state index in [1.54, 1.807) is 0 Å². The van der Waals surface area contributed by atoms with Gasteiger partial charge in [0, 0.05) is 5.92 Å². The molecule has 3 heteroatoms. The van der Waals surface area contributed by atoms with Crippen molar-refractivity contribution in [1.82, 2.24) is 0 Å². The Hall–Kier alpha value is -0.120. The second-order valence-corrected chi connectivity index (χ2v) is 10.2. The van der Waals surface area contributed by atoms with Crippen LogP contribution in [0.5, 0.6) is 0 Å². The fourth-order valence-electron chi connectivity index (χ4n) is 8.16. The lowest BCUT2D eigenvalue weighted by molar-refractivity contribution is -0.133. The molecule has 4 aliphatic rings. The summed E-state index contributed by atoms with van der Waals surface area (Å²) in [4.78, 5) is 0. The Kier molecular flexibility index (Phi) is 4.10. The molecule has 4 saturated carbocycles. The zero-order valence-electron chi connectivity index (χ0n) is 15.6. The Morgan fingerprint density at radius 1 is 0.875 bits per heavy atom. The van der Waals surface area contributed by atoms with Crippen molar-refractivity contribution in [3.8, 4) is 0 Å². The lowest BCUT2D eigenvalue weighted by Gasteiger charge is -2.61. The molecule has 0 aromatic rings. The van der Waals surface area contributed by atoms with Gasteiger partial charge in [-0.05, 0) is 92.8 Å². The molecule has 24 heavy (non-hydrogen) atoms. The van der Waals surface area contributed by atoms with Gasteiger partial charge in [0.1, 0.15) is 0 Å². The van der Waals surface area contributed by atoms with Gasteiger partial charge in [-0.1, -0.05) is 13.8 Å². The lowest BCUT2D eigenvalue weighted by atomic mass is 9.44. The Labute approximate surface area is 146 Å². The SMILES string of the molecule is C[C@@H](O)[C@H]1[C@@H](O)C[C@H]2[C@@H]3CC[C@H]4C[C@@H](O)CC[C@]4(C)[C@H]3CC[C@]12C. The van der Waals surface area contributed by atoms with E-state index in [-0.39, 0.29) is 23.5 Å². The maximum absolute atomic E-state index is 10.7. The van der Waals surface area contributed by atoms with Gasteiger partial charge in [-0.15, -0.1) is 0 Å². The van der Waals surface area contributed by atoms with Crippen LogP contribution in [0.15, 0.2) is 0 Å². The summed E-state index contributed by atoms with van der Waals surface area (Å²) in [5, 5.41) is 31.1. The van der Waals surface area contributed by atoms with Crippen molar-refractivity contribution in [2.75, 3.05) is 0 Å². The van der Waals surface area contributed by atoms with Crippen LogP contribution in [0.25, 0.3) is 0 Å². The van der Waals surface area contributed by atoms with Crippen molar-refractivity contribution in [1.29, 1.82) is 0 Å². The van der Waals surface area contributed by atoms with Crippen LogP contribution in [0, 0.1) is 40.4 Å². The van der Waals surface area contributed by atoms with Gasteiger partial charge in [0.15, 0.2) is 0 Å². The number of aliphatic hydroxyl groups excluding tert-OH is 3. The Morgan fingerprint density at radius 3 is 2.29 bits per heavy atom. The third-order valence-corrected chi connectivity index (χ3v) is 9.27. The van der Waals surface area contributed by atoms with Crippen LogP contribution in [0.1, 0.15) is 72.1 Å². The molecule has 0 radical (unpaired) electrons. The van der Waals surface area contributed by atoms with E-state index in [4.69, 9.17) is 0 Å². The zero-order chi connectivity index (χ0) is 17.3. The molecule has 4 rings (SSSR count). The molecule has 0 heterocycles. The number of hydrogen-bond acceptors (Lipinski definition) is 3. The van der Waals surface area contributed by atoms with E-state index in [0.717, 1.165) is 31.6 Å². The molecule has 0 saturated heterocycles. The summed E-state index contributed by atoms with van der Waals surface area (Å²) in [6.07, 6.45) is 8.10. The van der Waals surface area contributed by atoms with E-state index >= 15 is 0 Å². The highest BCUT2D eigenvalue weighted by Crippen LogP contribution is 2.67. The molecule has 10 atom stereocenters. The van der Waals surface area contributed by atoms with Gasteiger partial charge in [0.05, 0.1) is 18.3 Å². The van der Waals surface area contributed by atoms with E-state index in [0.29, 0.717) is 23.2 Å². The van der Waals surface area contributed by atoms with E-state index < -0.39 is 6.10 Å². The first kappa shape index (κ1) is 17.3. The average Bonchev–Trinajstić information content (AvgIpc) is 2.78. The maximum atomic E-state index is 10.7. The molecule has 0 aromatic carbocycles. The summed E-state index contributed by atoms with van der Waals surface area (Å²) in [5.74, 6) is 2.75. The molecule has 0 spiro atoms. The van der Waals surface area contributed by atoms with Gasteiger partial charge in [0.2, 0.25) is 0 Å². The maximum Gasteiger partial charge on any atom is 0.0601 e. The first-order valence-electron chi connectivity index (χ1n) is 10.3. The molecular formula is C21H36O3. The van der Waals surface area contributed by atoms with E-state index in [9.17, 15) is 15.3 Å². The Morgan fingerprint density at radius 2 is 1.58 bits per heavy atom. The molecule has 0 aliphatic heterocycles. The number of rotatable bonds is 1. The third-order valence-electron chi connectivity index (χ3n) is 9.27. The third kappa shape index (κ3) is 2.27. The van der Waals surface area contributed by atoms with E-state index in [1.165, 1.54) is 25.7 Å². The van der Waals surface area contributed by atoms with Gasteiger partial charge in [0.25, 0.3) is 0 Å². The highest BCUT2D eigenvalue weighted by molar-refractivity contribution is 5.11. The lowest BCUT2D eigenvalue weighted by Crippen LogP contribution is -2.54. The van der Waals surface area contributed by atoms with Gasteiger partial charge < -0.3 is 15.3 Å². The quantitative estimate of drug-likeness (QED) is 0.688. The normalized spacial score (nSPS) is 58.5. The van der Waals surface area contributed by atoms with Crippen LogP contribution < -0.4 is 0 Å². The summed E-state index contributed by atoms with van der Waals surface area (Å²) in [6.45, 7) is 6.72. The highest BCUT2D eigenvalue weighted by atomic mass is 16.3. The van der Waals surface area contributed by atoms with Gasteiger partial charge in [-0.3, -0.25) is 0 Å². The molecule has 4 fully saturated rings. The molecule has 0 aromatic heterocycles. The van der Waals surface area contributed by atoms with Crippen molar-refractivity contribution in [3.63, 3.8) is 0 Å². The standard InChI is InChI=1S/C21H36O3/c1-12(22)19-18(24)11-17-15-5-4-13-10-14(23)6-8-20(13,2)16(15)7-9-21(17,19)3/h12-19,22-24H,4-11H2,1-3H3/t12-,13+,14+,15-,16+,17+,18+,19+,20+,21+/m1/s1. The molecule has 0 unspecified atom stereocenters. The van der Waals surface area contributed by atoms with Crippen molar-refractivity contribution < 1.29 is 15.3 Å². The second-order valence-electron chi connectivity index (χ2n) is 10.2. The van der Waals surface area contributed by atoms with Crippen molar-refractivity contribution in [2.45, 2.75) is 90.4 Å². The molecular weight excluding hydrogens is 300 g/mol. The predicted octanol–water partition coefficient (Wildman–Crippen LogP) is 3.36. The average molecular weight is 337 g/mol. The summed E-state index contributed by atoms with van der Waals surface area (Å²) in [5.41, 5.74) is 0.490. The number of hydrogen-bond donors (Lipinski definition) is 3. The minimum atomic E-state index is -0.414. The number of aliphatic hydroxyl groups is 3. The van der Waals surface area contributed by atoms with Crippen LogP contribution in [-0.2, 0) is 0 Å². The summed E-state index contributed by atoms with van der Waals surface area (Å²) < 4.78 is 0. The molecule has 0 bridgehead atoms. The van der Waals surface area contributed by atoms with Crippen molar-refractivity contribution >= 4 is 0 Å². The van der Waals surface area contributed by atoms with Crippen LogP contribution in [0.4, 0.5) is 0 Å². The molecule has 4 aliphatic carbocycles. The van der Waals surface area contributed by atoms with Crippen molar-refractivity contribution in [2.24, 2.45) is 40.4 Å². The van der Waals surface area contributed by atoms with Gasteiger partial charge >= 0.3 is 0 Å². The van der Waals surface area contributed by atoms with Crippen LogP contribution in [0.3, 0.4) is 0 Å². The Bertz CT molecular complexity index is 491. The first-order valence-corrected chi connectivity index (χ1v) is 10.3. The molecule has 3 nitrogen and oxygen atoms in total. The summed E-state index contributed by atoms with van der Waals surface area (Å²) in [7, 11) is 0. The molecule has 3 N–H and O–H groups in total. The zero-order valence-corrected chi connectivity index (χ0v) is 15.6. The van der Waals surface area contributed by atoms with E-state index in [1.807, 2.05) is 6.92 Å². The van der Waals surface area contributed by atoms with Crippen LogP contribution >= 0.6 is 0 Å². The topological polar surface area (TPSA) is 60.7 Å². The van der Waals surface area contributed by atoms with Crippen LogP contribution in [0.2, 0.25) is 0 Å². The van der Waals surface area contributed by atoms with Crippen LogP contribution in [-0.4, -0.2) is 33.6 Å². The monoisotopic (exact) mass is 336 g/mol. The number of fused-ring (bicyclic) bond motifs is 5. The second kappa shape index (κ2) is 5.69. The highest BCUT2D eigenvalue weighted by Gasteiger charge is 2.62. The van der Waals surface area contributed by atoms with Crippen molar-refractivity contribution in [3.05, 3.63) is 0 Å². The summed E-state index contributed by atoms with van der Waals surface area (Å²) >= 11 is 0. The largest absolute Gasteiger partial charge is 0.393 e. The van der Waals surface area contributed by atoms with Gasteiger partial charge in [-0.25, -0.2) is 0 Å². The predicted molar refractivity (Wildman–Crippen MR) is 94.3 cm³/mol. The smallest absolute Gasteiger partial charge is 0.0601 e. The molecule has 0 amide bonds. The fourth-order valence-corrected chi connectivity index (χ4v) is 8.16. The molecule has 138 valence electrons.